The van der Waals surface area contributed by atoms with Crippen LogP contribution in [0.25, 0.3) is 10.9 Å². The van der Waals surface area contributed by atoms with Gasteiger partial charge in [0, 0.05) is 63.2 Å². The number of halogens is 1. The molecule has 3 N–H and O–H groups in total. The third-order valence-electron chi connectivity index (χ3n) is 7.91. The number of nitrogens with zero attached hydrogens (tertiary/aromatic N) is 4. The first kappa shape index (κ1) is 34.8. The number of benzene rings is 1. The molecule has 1 aromatic carbocycles. The number of carboxylic acid groups (broad SMARTS) is 1. The van der Waals surface area contributed by atoms with Gasteiger partial charge in [0.05, 0.1) is 12.1 Å². The van der Waals surface area contributed by atoms with Gasteiger partial charge in [-0.1, -0.05) is 0 Å². The molecular formula is C31H39FN6O9. The fraction of sp³-hybridized carbons (Fsp3) is 0.516. The highest BCUT2D eigenvalue weighted by Crippen LogP contribution is 2.27. The molecule has 2 saturated heterocycles. The summed E-state index contributed by atoms with van der Waals surface area (Å²) < 4.78 is 25.0. The molecule has 254 valence electrons. The number of ether oxygens (including phenoxy) is 2. The molecule has 0 radical (unpaired) electrons. The highest BCUT2D eigenvalue weighted by Gasteiger charge is 2.34. The number of amides is 5. The number of aliphatic carboxylic acids is 1. The third-order valence-corrected chi connectivity index (χ3v) is 7.91. The van der Waals surface area contributed by atoms with Crippen LogP contribution in [-0.4, -0.2) is 125 Å². The van der Waals surface area contributed by atoms with Crippen molar-refractivity contribution < 1.29 is 47.7 Å². The minimum Gasteiger partial charge on any atom is -0.483 e. The van der Waals surface area contributed by atoms with Gasteiger partial charge in [-0.05, 0) is 45.2 Å². The molecule has 0 spiro atoms. The summed E-state index contributed by atoms with van der Waals surface area (Å²) in [6.45, 7) is 4.70. The average molecular weight is 659 g/mol. The van der Waals surface area contributed by atoms with Gasteiger partial charge in [0.1, 0.15) is 29.3 Å². The summed E-state index contributed by atoms with van der Waals surface area (Å²) in [6, 6.07) is 3.04. The Morgan fingerprint density at radius 3 is 2.45 bits per heavy atom. The molecule has 2 fully saturated rings. The van der Waals surface area contributed by atoms with Crippen molar-refractivity contribution in [2.24, 2.45) is 0 Å². The molecule has 4 rings (SSSR count). The molecule has 0 saturated carbocycles. The van der Waals surface area contributed by atoms with E-state index >= 15 is 0 Å². The average Bonchev–Trinajstić information content (AvgIpc) is 3.55. The zero-order valence-corrected chi connectivity index (χ0v) is 26.3. The maximum atomic E-state index is 14.2. The number of aromatic nitrogens is 1. The number of nitrogens with one attached hydrogen (secondary N) is 2. The molecule has 0 aliphatic carbocycles. The van der Waals surface area contributed by atoms with Crippen LogP contribution in [0.2, 0.25) is 0 Å². The summed E-state index contributed by atoms with van der Waals surface area (Å²) in [6.07, 6.45) is 0.0253. The maximum Gasteiger partial charge on any atom is 0.409 e. The van der Waals surface area contributed by atoms with E-state index in [4.69, 9.17) is 9.47 Å². The second-order valence-electron chi connectivity index (χ2n) is 11.1. The first-order valence-corrected chi connectivity index (χ1v) is 15.6. The van der Waals surface area contributed by atoms with Gasteiger partial charge in [-0.25, -0.2) is 14.2 Å². The number of carboxylic acids is 1. The molecule has 0 bridgehead atoms. The third kappa shape index (κ3) is 8.83. The fourth-order valence-electron chi connectivity index (χ4n) is 5.56. The van der Waals surface area contributed by atoms with Crippen molar-refractivity contribution in [3.8, 4) is 5.75 Å². The predicted octanol–water partition coefficient (Wildman–Crippen LogP) is 1.14. The van der Waals surface area contributed by atoms with Gasteiger partial charge < -0.3 is 39.9 Å². The van der Waals surface area contributed by atoms with Crippen molar-refractivity contribution in [1.82, 2.24) is 30.3 Å². The van der Waals surface area contributed by atoms with Gasteiger partial charge in [-0.3, -0.25) is 24.0 Å². The number of carbonyl (C=O) groups is 6. The molecule has 2 aliphatic heterocycles. The van der Waals surface area contributed by atoms with Crippen LogP contribution in [-0.2, 0) is 23.9 Å². The number of piperazine rings is 1. The van der Waals surface area contributed by atoms with Gasteiger partial charge in [-0.2, -0.15) is 0 Å². The van der Waals surface area contributed by atoms with E-state index in [1.165, 1.54) is 32.9 Å². The summed E-state index contributed by atoms with van der Waals surface area (Å²) in [7, 11) is 0. The fourth-order valence-corrected chi connectivity index (χ4v) is 5.56. The zero-order chi connectivity index (χ0) is 34.1. The largest absolute Gasteiger partial charge is 0.483 e. The monoisotopic (exact) mass is 658 g/mol. The number of pyridine rings is 1. The molecule has 16 heteroatoms. The minimum atomic E-state index is -1.25. The van der Waals surface area contributed by atoms with Crippen LogP contribution >= 0.6 is 0 Å². The molecule has 1 aromatic heterocycles. The second kappa shape index (κ2) is 16.0. The lowest BCUT2D eigenvalue weighted by Crippen LogP contribution is -2.56. The minimum absolute atomic E-state index is 0.0463. The summed E-state index contributed by atoms with van der Waals surface area (Å²) in [4.78, 5) is 84.4. The number of likely N-dealkylation sites (tertiary alicyclic amines) is 1. The predicted molar refractivity (Wildman–Crippen MR) is 164 cm³/mol. The van der Waals surface area contributed by atoms with Gasteiger partial charge in [0.2, 0.25) is 11.8 Å². The van der Waals surface area contributed by atoms with E-state index in [1.807, 2.05) is 0 Å². The van der Waals surface area contributed by atoms with Crippen LogP contribution in [0, 0.1) is 5.82 Å². The first-order valence-electron chi connectivity index (χ1n) is 15.6. The number of carbonyl (C=O) groups excluding carboxylic acids is 5. The standard InChI is InChI=1S/C31H39FN6O9/c1-3-33-29(43)24-6-5-11-38(24)26(39)18-47-25-17-23(34-22-16-19(32)7-8-20(22)25)28(42)35-21(9-10-27(40)41)30(44)36-12-14-37(15-13-36)31(45)46-4-2/h7-8,16-17,21,24H,3-6,9-15,18H2,1-2H3,(H,33,43)(H,35,42)(H,40,41). The summed E-state index contributed by atoms with van der Waals surface area (Å²) >= 11 is 0. The Bertz CT molecular complexity index is 1510. The van der Waals surface area contributed by atoms with Crippen LogP contribution in [0.4, 0.5) is 9.18 Å². The van der Waals surface area contributed by atoms with E-state index in [2.05, 4.69) is 15.6 Å². The highest BCUT2D eigenvalue weighted by atomic mass is 19.1. The topological polar surface area (TPSA) is 188 Å². The number of likely N-dealkylation sites (N-methyl/N-ethyl adjacent to an activating group) is 1. The quantitative estimate of drug-likeness (QED) is 0.299. The lowest BCUT2D eigenvalue weighted by Gasteiger charge is -2.35. The van der Waals surface area contributed by atoms with Crippen LogP contribution < -0.4 is 15.4 Å². The molecular weight excluding hydrogens is 619 g/mol. The van der Waals surface area contributed by atoms with Crippen molar-refractivity contribution in [3.63, 3.8) is 0 Å². The maximum absolute atomic E-state index is 14.2. The van der Waals surface area contributed by atoms with Crippen LogP contribution in [0.3, 0.4) is 0 Å². The molecule has 2 atom stereocenters. The summed E-state index contributed by atoms with van der Waals surface area (Å²) in [5, 5.41) is 14.9. The van der Waals surface area contributed by atoms with Gasteiger partial charge >= 0.3 is 12.1 Å². The van der Waals surface area contributed by atoms with Crippen LogP contribution in [0.15, 0.2) is 24.3 Å². The van der Waals surface area contributed by atoms with E-state index < -0.39 is 60.7 Å². The molecule has 2 unspecified atom stereocenters. The van der Waals surface area contributed by atoms with Crippen molar-refractivity contribution >= 4 is 46.6 Å². The Morgan fingerprint density at radius 2 is 1.77 bits per heavy atom. The van der Waals surface area contributed by atoms with E-state index in [9.17, 15) is 38.3 Å². The Balaban J connectivity index is 1.51. The van der Waals surface area contributed by atoms with Crippen molar-refractivity contribution in [2.45, 2.75) is 51.6 Å². The Kier molecular flexibility index (Phi) is 11.9. The number of rotatable bonds is 12. The zero-order valence-electron chi connectivity index (χ0n) is 26.3. The molecule has 2 aromatic rings. The van der Waals surface area contributed by atoms with Gasteiger partial charge in [0.15, 0.2) is 6.61 Å². The lowest BCUT2D eigenvalue weighted by molar-refractivity contribution is -0.139. The van der Waals surface area contributed by atoms with Crippen LogP contribution in [0.5, 0.6) is 5.75 Å². The summed E-state index contributed by atoms with van der Waals surface area (Å²) in [5.74, 6) is -3.85. The van der Waals surface area contributed by atoms with Gasteiger partial charge in [0.25, 0.3) is 11.8 Å². The molecule has 5 amide bonds. The van der Waals surface area contributed by atoms with E-state index in [-0.39, 0.29) is 62.1 Å². The smallest absolute Gasteiger partial charge is 0.409 e. The van der Waals surface area contributed by atoms with E-state index in [1.54, 1.807) is 13.8 Å². The van der Waals surface area contributed by atoms with Crippen molar-refractivity contribution in [1.29, 1.82) is 0 Å². The second-order valence-corrected chi connectivity index (χ2v) is 11.1. The summed E-state index contributed by atoms with van der Waals surface area (Å²) in [5.41, 5.74) is -0.211. The van der Waals surface area contributed by atoms with Crippen LogP contribution in [0.1, 0.15) is 50.0 Å². The van der Waals surface area contributed by atoms with Crippen molar-refractivity contribution in [3.05, 3.63) is 35.8 Å². The number of hydrogen-bond donors (Lipinski definition) is 3. The number of fused-ring (bicyclic) bond motifs is 1. The van der Waals surface area contributed by atoms with Crippen molar-refractivity contribution in [2.75, 3.05) is 52.5 Å². The van der Waals surface area contributed by atoms with E-state index in [0.717, 1.165) is 6.07 Å². The lowest BCUT2D eigenvalue weighted by atomic mass is 10.1. The molecule has 3 heterocycles. The molecule has 2 aliphatic rings. The normalized spacial score (nSPS) is 16.8. The Hall–Kier alpha value is -5.02. The molecule has 47 heavy (non-hydrogen) atoms. The number of hydrogen-bond acceptors (Lipinski definition) is 9. The van der Waals surface area contributed by atoms with E-state index in [0.29, 0.717) is 31.3 Å². The Morgan fingerprint density at radius 1 is 1.04 bits per heavy atom. The Labute approximate surface area is 270 Å². The first-order chi connectivity index (χ1) is 22.5. The molecule has 15 nitrogen and oxygen atoms in total. The SMILES string of the molecule is CCNC(=O)C1CCCN1C(=O)COc1cc(C(=O)NC(CCC(=O)O)C(=O)N2CCN(C(=O)OCC)CC2)nc2cc(F)ccc12. The van der Waals surface area contributed by atoms with Gasteiger partial charge in [-0.15, -0.1) is 0 Å². The highest BCUT2D eigenvalue weighted by molar-refractivity contribution is 5.99.